The highest BCUT2D eigenvalue weighted by Gasteiger charge is 2.25. The van der Waals surface area contributed by atoms with E-state index in [2.05, 4.69) is 15.6 Å². The predicted octanol–water partition coefficient (Wildman–Crippen LogP) is 2.25. The Balaban J connectivity index is 1.70. The second-order valence-corrected chi connectivity index (χ2v) is 6.29. The van der Waals surface area contributed by atoms with Crippen molar-refractivity contribution in [2.24, 2.45) is 0 Å². The minimum absolute atomic E-state index is 0.0575. The molecule has 0 aliphatic carbocycles. The highest BCUT2D eigenvalue weighted by Crippen LogP contribution is 2.24. The Morgan fingerprint density at radius 1 is 1.19 bits per heavy atom. The third kappa shape index (κ3) is 4.18. The lowest BCUT2D eigenvalue weighted by Gasteiger charge is -2.24. The topological polar surface area (TPSA) is 94.6 Å². The van der Waals surface area contributed by atoms with E-state index >= 15 is 0 Å². The molecule has 1 atom stereocenters. The zero-order chi connectivity index (χ0) is 18.5. The maximum atomic E-state index is 12.5. The van der Waals surface area contributed by atoms with Crippen LogP contribution in [0.5, 0.6) is 0 Å². The summed E-state index contributed by atoms with van der Waals surface area (Å²) < 4.78 is 0. The Morgan fingerprint density at radius 2 is 1.88 bits per heavy atom. The summed E-state index contributed by atoms with van der Waals surface area (Å²) in [7, 11) is 0. The molecule has 1 saturated heterocycles. The smallest absolute Gasteiger partial charge is 0.255 e. The summed E-state index contributed by atoms with van der Waals surface area (Å²) in [5.41, 5.74) is 1.81. The SMILES string of the molecule is CC(=O)Nc1ccc(NC(=O)c2ccnc(N3CCCC3CO)c2)cc1. The molecule has 0 saturated carbocycles. The fourth-order valence-electron chi connectivity index (χ4n) is 3.09. The first kappa shape index (κ1) is 17.9. The highest BCUT2D eigenvalue weighted by atomic mass is 16.3. The Labute approximate surface area is 152 Å². The van der Waals surface area contributed by atoms with Crippen molar-refractivity contribution in [3.63, 3.8) is 0 Å². The minimum Gasteiger partial charge on any atom is -0.394 e. The second-order valence-electron chi connectivity index (χ2n) is 6.29. The van der Waals surface area contributed by atoms with Gasteiger partial charge in [-0.05, 0) is 49.2 Å². The van der Waals surface area contributed by atoms with Crippen LogP contribution in [-0.2, 0) is 4.79 Å². The number of anilines is 3. The van der Waals surface area contributed by atoms with Crippen molar-refractivity contribution in [2.75, 3.05) is 28.7 Å². The zero-order valence-corrected chi connectivity index (χ0v) is 14.6. The molecular formula is C19H22N4O3. The van der Waals surface area contributed by atoms with Crippen LogP contribution in [-0.4, -0.2) is 41.1 Å². The fourth-order valence-corrected chi connectivity index (χ4v) is 3.09. The summed E-state index contributed by atoms with van der Waals surface area (Å²) in [5, 5.41) is 15.0. The Morgan fingerprint density at radius 3 is 2.54 bits per heavy atom. The number of benzene rings is 1. The molecule has 1 aromatic heterocycles. The van der Waals surface area contributed by atoms with Crippen molar-refractivity contribution in [3.8, 4) is 0 Å². The average Bonchev–Trinajstić information content (AvgIpc) is 3.12. The van der Waals surface area contributed by atoms with E-state index in [1.807, 2.05) is 4.90 Å². The zero-order valence-electron chi connectivity index (χ0n) is 14.6. The van der Waals surface area contributed by atoms with E-state index in [9.17, 15) is 14.7 Å². The number of aromatic nitrogens is 1. The van der Waals surface area contributed by atoms with Gasteiger partial charge in [0.1, 0.15) is 5.82 Å². The molecule has 1 fully saturated rings. The number of aliphatic hydroxyl groups excluding tert-OH is 1. The van der Waals surface area contributed by atoms with E-state index in [0.717, 1.165) is 19.4 Å². The molecule has 1 aliphatic rings. The lowest BCUT2D eigenvalue weighted by Crippen LogP contribution is -2.32. The summed E-state index contributed by atoms with van der Waals surface area (Å²) in [6.45, 7) is 2.35. The van der Waals surface area contributed by atoms with Crippen LogP contribution in [0.2, 0.25) is 0 Å². The third-order valence-electron chi connectivity index (χ3n) is 4.35. The summed E-state index contributed by atoms with van der Waals surface area (Å²) in [5.74, 6) is 0.324. The van der Waals surface area contributed by atoms with Crippen LogP contribution in [0.4, 0.5) is 17.2 Å². The molecule has 26 heavy (non-hydrogen) atoms. The summed E-state index contributed by atoms with van der Waals surface area (Å²) in [4.78, 5) is 29.9. The molecule has 3 N–H and O–H groups in total. The molecule has 7 nitrogen and oxygen atoms in total. The van der Waals surface area contributed by atoms with Gasteiger partial charge in [0.2, 0.25) is 5.91 Å². The first-order valence-corrected chi connectivity index (χ1v) is 8.59. The Kier molecular flexibility index (Phi) is 5.48. The average molecular weight is 354 g/mol. The summed E-state index contributed by atoms with van der Waals surface area (Å²) >= 11 is 0. The first-order valence-electron chi connectivity index (χ1n) is 8.59. The molecule has 7 heteroatoms. The number of amides is 2. The van der Waals surface area contributed by atoms with E-state index in [0.29, 0.717) is 22.8 Å². The number of pyridine rings is 1. The van der Waals surface area contributed by atoms with E-state index in [1.165, 1.54) is 6.92 Å². The van der Waals surface area contributed by atoms with E-state index in [4.69, 9.17) is 0 Å². The number of aliphatic hydroxyl groups is 1. The number of hydrogen-bond donors (Lipinski definition) is 3. The number of rotatable bonds is 5. The second kappa shape index (κ2) is 7.97. The van der Waals surface area contributed by atoms with Gasteiger partial charge in [-0.1, -0.05) is 0 Å². The molecule has 0 radical (unpaired) electrons. The fraction of sp³-hybridized carbons (Fsp3) is 0.316. The van der Waals surface area contributed by atoms with Crippen LogP contribution in [0, 0.1) is 0 Å². The lowest BCUT2D eigenvalue weighted by atomic mass is 10.2. The summed E-state index contributed by atoms with van der Waals surface area (Å²) in [6, 6.07) is 10.4. The number of hydrogen-bond acceptors (Lipinski definition) is 5. The van der Waals surface area contributed by atoms with Crippen molar-refractivity contribution in [1.29, 1.82) is 0 Å². The Bertz CT molecular complexity index is 792. The lowest BCUT2D eigenvalue weighted by molar-refractivity contribution is -0.114. The third-order valence-corrected chi connectivity index (χ3v) is 4.35. The van der Waals surface area contributed by atoms with Gasteiger partial charge < -0.3 is 20.6 Å². The van der Waals surface area contributed by atoms with Gasteiger partial charge in [-0.15, -0.1) is 0 Å². The predicted molar refractivity (Wildman–Crippen MR) is 100 cm³/mol. The number of carbonyl (C=O) groups is 2. The van der Waals surface area contributed by atoms with Crippen molar-refractivity contribution in [1.82, 2.24) is 4.98 Å². The normalized spacial score (nSPS) is 16.4. The van der Waals surface area contributed by atoms with E-state index < -0.39 is 0 Å². The van der Waals surface area contributed by atoms with Crippen LogP contribution in [0.15, 0.2) is 42.6 Å². The molecule has 1 unspecified atom stereocenters. The van der Waals surface area contributed by atoms with Gasteiger partial charge in [0.25, 0.3) is 5.91 Å². The standard InChI is InChI=1S/C19H22N4O3/c1-13(25)21-15-4-6-16(7-5-15)22-19(26)14-8-9-20-18(11-14)23-10-2-3-17(23)12-24/h4-9,11,17,24H,2-3,10,12H2,1H3,(H,21,25)(H,22,26). The molecule has 1 aliphatic heterocycles. The van der Waals surface area contributed by atoms with Crippen LogP contribution >= 0.6 is 0 Å². The number of nitrogens with zero attached hydrogens (tertiary/aromatic N) is 2. The van der Waals surface area contributed by atoms with Crippen LogP contribution in [0.1, 0.15) is 30.1 Å². The van der Waals surface area contributed by atoms with Crippen molar-refractivity contribution >= 4 is 29.0 Å². The van der Waals surface area contributed by atoms with Crippen molar-refractivity contribution in [3.05, 3.63) is 48.2 Å². The highest BCUT2D eigenvalue weighted by molar-refractivity contribution is 6.04. The molecule has 3 rings (SSSR count). The first-order chi connectivity index (χ1) is 12.6. The van der Waals surface area contributed by atoms with Crippen molar-refractivity contribution in [2.45, 2.75) is 25.8 Å². The van der Waals surface area contributed by atoms with Crippen molar-refractivity contribution < 1.29 is 14.7 Å². The van der Waals surface area contributed by atoms with E-state index in [1.54, 1.807) is 42.6 Å². The Hall–Kier alpha value is -2.93. The van der Waals surface area contributed by atoms with Gasteiger partial charge in [0.15, 0.2) is 0 Å². The maximum absolute atomic E-state index is 12.5. The van der Waals surface area contributed by atoms with Gasteiger partial charge in [-0.2, -0.15) is 0 Å². The van der Waals surface area contributed by atoms with Gasteiger partial charge in [-0.3, -0.25) is 9.59 Å². The molecule has 2 heterocycles. The largest absolute Gasteiger partial charge is 0.394 e. The van der Waals surface area contributed by atoms with Gasteiger partial charge in [0, 0.05) is 36.6 Å². The molecule has 136 valence electrons. The van der Waals surface area contributed by atoms with Gasteiger partial charge in [-0.25, -0.2) is 4.98 Å². The van der Waals surface area contributed by atoms with E-state index in [-0.39, 0.29) is 24.5 Å². The molecule has 0 bridgehead atoms. The maximum Gasteiger partial charge on any atom is 0.255 e. The monoisotopic (exact) mass is 354 g/mol. The molecule has 2 aromatic rings. The quantitative estimate of drug-likeness (QED) is 0.766. The molecule has 2 amide bonds. The number of carbonyl (C=O) groups excluding carboxylic acids is 2. The van der Waals surface area contributed by atoms with Gasteiger partial charge in [0.05, 0.1) is 12.6 Å². The molecule has 0 spiro atoms. The van der Waals surface area contributed by atoms with Crippen LogP contribution in [0.3, 0.4) is 0 Å². The van der Waals surface area contributed by atoms with Crippen LogP contribution in [0.25, 0.3) is 0 Å². The van der Waals surface area contributed by atoms with Crippen LogP contribution < -0.4 is 15.5 Å². The number of nitrogens with one attached hydrogen (secondary N) is 2. The molecular weight excluding hydrogens is 332 g/mol. The summed E-state index contributed by atoms with van der Waals surface area (Å²) in [6.07, 6.45) is 3.54. The molecule has 1 aromatic carbocycles. The van der Waals surface area contributed by atoms with Gasteiger partial charge >= 0.3 is 0 Å². The minimum atomic E-state index is -0.235.